The van der Waals surface area contributed by atoms with Crippen LogP contribution in [0, 0.1) is 0 Å². The second-order valence-corrected chi connectivity index (χ2v) is 4.52. The van der Waals surface area contributed by atoms with Crippen molar-refractivity contribution < 1.29 is 14.6 Å². The maximum absolute atomic E-state index is 11.0. The number of aromatic nitrogens is 1. The summed E-state index contributed by atoms with van der Waals surface area (Å²) in [5, 5.41) is 12.2. The van der Waals surface area contributed by atoms with E-state index in [0.717, 1.165) is 11.3 Å². The van der Waals surface area contributed by atoms with Gasteiger partial charge in [0.1, 0.15) is 5.82 Å². The van der Waals surface area contributed by atoms with E-state index in [-0.39, 0.29) is 10.6 Å². The number of pyridine rings is 1. The number of carboxylic acid groups (broad SMARTS) is 1. The number of halogens is 1. The molecule has 5 nitrogen and oxygen atoms in total. The van der Waals surface area contributed by atoms with E-state index in [0.29, 0.717) is 12.4 Å². The number of carboxylic acids is 1. The standard InChI is InChI=1S/C14H13ClN2O3/c1-20-8-9-3-2-4-10(5-9)17-13-6-11(14(18)19)12(15)7-16-13/h2-7H,8H2,1H3,(H,16,17)(H,18,19). The first-order valence-corrected chi connectivity index (χ1v) is 6.21. The molecular formula is C14H13ClN2O3. The molecule has 104 valence electrons. The first kappa shape index (κ1) is 14.3. The van der Waals surface area contributed by atoms with Crippen LogP contribution in [0.3, 0.4) is 0 Å². The van der Waals surface area contributed by atoms with Crippen LogP contribution in [0.2, 0.25) is 5.02 Å². The van der Waals surface area contributed by atoms with Crippen molar-refractivity contribution in [2.75, 3.05) is 12.4 Å². The molecule has 6 heteroatoms. The van der Waals surface area contributed by atoms with E-state index < -0.39 is 5.97 Å². The van der Waals surface area contributed by atoms with E-state index in [9.17, 15) is 4.79 Å². The van der Waals surface area contributed by atoms with Gasteiger partial charge in [0, 0.05) is 19.0 Å². The van der Waals surface area contributed by atoms with Crippen molar-refractivity contribution in [1.82, 2.24) is 4.98 Å². The van der Waals surface area contributed by atoms with Crippen LogP contribution in [-0.2, 0) is 11.3 Å². The molecule has 0 fully saturated rings. The van der Waals surface area contributed by atoms with Crippen molar-refractivity contribution in [3.05, 3.63) is 52.7 Å². The fourth-order valence-electron chi connectivity index (χ4n) is 1.72. The molecule has 0 radical (unpaired) electrons. The molecule has 2 N–H and O–H groups in total. The summed E-state index contributed by atoms with van der Waals surface area (Å²) in [7, 11) is 1.62. The third kappa shape index (κ3) is 3.46. The van der Waals surface area contributed by atoms with Crippen LogP contribution >= 0.6 is 11.6 Å². The molecule has 0 unspecified atom stereocenters. The van der Waals surface area contributed by atoms with E-state index in [1.165, 1.54) is 12.3 Å². The Balaban J connectivity index is 2.23. The zero-order valence-corrected chi connectivity index (χ0v) is 11.5. The number of rotatable bonds is 5. The van der Waals surface area contributed by atoms with Crippen molar-refractivity contribution in [3.63, 3.8) is 0 Å². The zero-order chi connectivity index (χ0) is 14.5. The lowest BCUT2D eigenvalue weighted by Crippen LogP contribution is -2.01. The highest BCUT2D eigenvalue weighted by atomic mass is 35.5. The maximum atomic E-state index is 11.0. The molecule has 0 saturated carbocycles. The van der Waals surface area contributed by atoms with Crippen LogP contribution in [0.5, 0.6) is 0 Å². The molecule has 0 bridgehead atoms. The third-order valence-electron chi connectivity index (χ3n) is 2.60. The topological polar surface area (TPSA) is 71.5 Å². The number of methoxy groups -OCH3 is 1. The Labute approximate surface area is 121 Å². The average molecular weight is 293 g/mol. The summed E-state index contributed by atoms with van der Waals surface area (Å²) in [4.78, 5) is 15.1. The molecule has 20 heavy (non-hydrogen) atoms. The summed E-state index contributed by atoms with van der Waals surface area (Å²) in [6.45, 7) is 0.504. The van der Waals surface area contributed by atoms with Gasteiger partial charge >= 0.3 is 5.97 Å². The lowest BCUT2D eigenvalue weighted by molar-refractivity contribution is 0.0697. The first-order valence-electron chi connectivity index (χ1n) is 5.84. The van der Waals surface area contributed by atoms with Crippen molar-refractivity contribution in [3.8, 4) is 0 Å². The molecule has 0 aliphatic heterocycles. The van der Waals surface area contributed by atoms with Gasteiger partial charge in [-0.2, -0.15) is 0 Å². The monoisotopic (exact) mass is 292 g/mol. The number of carbonyl (C=O) groups is 1. The van der Waals surface area contributed by atoms with Gasteiger partial charge in [-0.15, -0.1) is 0 Å². The molecule has 1 aromatic heterocycles. The number of hydrogen-bond donors (Lipinski definition) is 2. The summed E-state index contributed by atoms with van der Waals surface area (Å²) in [5.74, 6) is -0.671. The lowest BCUT2D eigenvalue weighted by atomic mass is 10.2. The quantitative estimate of drug-likeness (QED) is 0.884. The van der Waals surface area contributed by atoms with Gasteiger partial charge in [-0.1, -0.05) is 23.7 Å². The number of anilines is 2. The Morgan fingerprint density at radius 3 is 2.95 bits per heavy atom. The Kier molecular flexibility index (Phi) is 4.55. The van der Waals surface area contributed by atoms with Gasteiger partial charge in [-0.05, 0) is 23.8 Å². The number of benzene rings is 1. The maximum Gasteiger partial charge on any atom is 0.337 e. The second kappa shape index (κ2) is 6.36. The van der Waals surface area contributed by atoms with Crippen LogP contribution in [0.4, 0.5) is 11.5 Å². The van der Waals surface area contributed by atoms with Gasteiger partial charge in [0.15, 0.2) is 0 Å². The summed E-state index contributed by atoms with van der Waals surface area (Å²) in [6.07, 6.45) is 1.31. The highest BCUT2D eigenvalue weighted by Crippen LogP contribution is 2.21. The van der Waals surface area contributed by atoms with Crippen molar-refractivity contribution in [1.29, 1.82) is 0 Å². The van der Waals surface area contributed by atoms with Gasteiger partial charge < -0.3 is 15.2 Å². The fraction of sp³-hybridized carbons (Fsp3) is 0.143. The SMILES string of the molecule is COCc1cccc(Nc2cc(C(=O)O)c(Cl)cn2)c1. The Morgan fingerprint density at radius 1 is 1.45 bits per heavy atom. The summed E-state index contributed by atoms with van der Waals surface area (Å²) >= 11 is 5.77. The number of nitrogens with one attached hydrogen (secondary N) is 1. The van der Waals surface area contributed by atoms with Gasteiger partial charge in [0.05, 0.1) is 17.2 Å². The first-order chi connectivity index (χ1) is 9.60. The Morgan fingerprint density at radius 2 is 2.25 bits per heavy atom. The largest absolute Gasteiger partial charge is 0.478 e. The number of aromatic carboxylic acids is 1. The van der Waals surface area contributed by atoms with Gasteiger partial charge in [0.2, 0.25) is 0 Å². The summed E-state index contributed by atoms with van der Waals surface area (Å²) in [5.41, 5.74) is 1.81. The molecule has 0 aliphatic carbocycles. The fourth-order valence-corrected chi connectivity index (χ4v) is 1.91. The molecule has 0 saturated heterocycles. The summed E-state index contributed by atoms with van der Waals surface area (Å²) < 4.78 is 5.06. The second-order valence-electron chi connectivity index (χ2n) is 4.11. The Bertz CT molecular complexity index is 632. The van der Waals surface area contributed by atoms with E-state index in [1.54, 1.807) is 7.11 Å². The zero-order valence-electron chi connectivity index (χ0n) is 10.8. The predicted molar refractivity (Wildman–Crippen MR) is 76.6 cm³/mol. The molecule has 2 rings (SSSR count). The molecule has 1 aromatic carbocycles. The van der Waals surface area contributed by atoms with Crippen molar-refractivity contribution in [2.24, 2.45) is 0 Å². The van der Waals surface area contributed by atoms with Crippen LogP contribution < -0.4 is 5.32 Å². The van der Waals surface area contributed by atoms with Gasteiger partial charge in [-0.3, -0.25) is 0 Å². The molecule has 1 heterocycles. The minimum Gasteiger partial charge on any atom is -0.478 e. The molecular weight excluding hydrogens is 280 g/mol. The lowest BCUT2D eigenvalue weighted by Gasteiger charge is -2.08. The van der Waals surface area contributed by atoms with E-state index >= 15 is 0 Å². The van der Waals surface area contributed by atoms with Crippen LogP contribution in [0.1, 0.15) is 15.9 Å². The van der Waals surface area contributed by atoms with Gasteiger partial charge in [-0.25, -0.2) is 9.78 Å². The van der Waals surface area contributed by atoms with Crippen LogP contribution in [0.15, 0.2) is 36.5 Å². The number of nitrogens with zero attached hydrogens (tertiary/aromatic N) is 1. The van der Waals surface area contributed by atoms with Crippen LogP contribution in [-0.4, -0.2) is 23.2 Å². The van der Waals surface area contributed by atoms with E-state index in [1.807, 2.05) is 24.3 Å². The Hall–Kier alpha value is -2.11. The smallest absolute Gasteiger partial charge is 0.337 e. The van der Waals surface area contributed by atoms with E-state index in [2.05, 4.69) is 10.3 Å². The van der Waals surface area contributed by atoms with Crippen molar-refractivity contribution in [2.45, 2.75) is 6.61 Å². The van der Waals surface area contributed by atoms with Gasteiger partial charge in [0.25, 0.3) is 0 Å². The minimum absolute atomic E-state index is 0.0113. The number of ether oxygens (including phenoxy) is 1. The highest BCUT2D eigenvalue weighted by Gasteiger charge is 2.10. The molecule has 0 amide bonds. The minimum atomic E-state index is -1.09. The normalized spacial score (nSPS) is 10.3. The molecule has 0 aliphatic rings. The van der Waals surface area contributed by atoms with Crippen molar-refractivity contribution >= 4 is 29.1 Å². The molecule has 2 aromatic rings. The number of hydrogen-bond acceptors (Lipinski definition) is 4. The van der Waals surface area contributed by atoms with E-state index in [4.69, 9.17) is 21.4 Å². The predicted octanol–water partition coefficient (Wildman–Crippen LogP) is 3.32. The highest BCUT2D eigenvalue weighted by molar-refractivity contribution is 6.33. The van der Waals surface area contributed by atoms with Crippen LogP contribution in [0.25, 0.3) is 0 Å². The summed E-state index contributed by atoms with van der Waals surface area (Å²) in [6, 6.07) is 8.97. The average Bonchev–Trinajstić information content (AvgIpc) is 2.41. The third-order valence-corrected chi connectivity index (χ3v) is 2.90. The molecule has 0 spiro atoms. The molecule has 0 atom stereocenters.